The topological polar surface area (TPSA) is 133 Å². The molecule has 4 N–H and O–H groups in total. The van der Waals surface area contributed by atoms with Crippen molar-refractivity contribution in [3.8, 4) is 11.8 Å². The Kier molecular flexibility index (Phi) is 6.06. The van der Waals surface area contributed by atoms with E-state index in [0.29, 0.717) is 0 Å². The fourth-order valence-electron chi connectivity index (χ4n) is 1.12. The van der Waals surface area contributed by atoms with Crippen molar-refractivity contribution in [1.29, 1.82) is 0 Å². The van der Waals surface area contributed by atoms with Gasteiger partial charge in [0, 0.05) is 13.8 Å². The monoisotopic (exact) mass is 270 g/mol. The fraction of sp³-hybridized carbons (Fsp3) is 0.455. The molecule has 0 aliphatic rings. The van der Waals surface area contributed by atoms with Gasteiger partial charge < -0.3 is 20.8 Å². The maximum atomic E-state index is 11.0. The van der Waals surface area contributed by atoms with Crippen molar-refractivity contribution < 1.29 is 29.4 Å². The van der Waals surface area contributed by atoms with Crippen LogP contribution in [0.15, 0.2) is 0 Å². The molecule has 0 atom stereocenters. The van der Waals surface area contributed by atoms with Crippen LogP contribution in [-0.2, 0) is 19.2 Å². The molecule has 0 spiro atoms. The number of amides is 2. The first kappa shape index (κ1) is 16.4. The Morgan fingerprint density at radius 3 is 1.89 bits per heavy atom. The largest absolute Gasteiger partial charge is 0.479 e. The van der Waals surface area contributed by atoms with Crippen LogP contribution >= 0.6 is 0 Å². The molecule has 0 aliphatic carbocycles. The Labute approximate surface area is 109 Å². The first-order chi connectivity index (χ1) is 8.72. The molecular formula is C11H14N2O6. The summed E-state index contributed by atoms with van der Waals surface area (Å²) in [6.45, 7) is 2.24. The zero-order valence-corrected chi connectivity index (χ0v) is 10.4. The third-order valence-corrected chi connectivity index (χ3v) is 2.02. The molecule has 0 aromatic heterocycles. The minimum Gasteiger partial charge on any atom is -0.479 e. The number of aliphatic carboxylic acids is 2. The second kappa shape index (κ2) is 7.00. The molecule has 104 valence electrons. The molecule has 0 aliphatic heterocycles. The summed E-state index contributed by atoms with van der Waals surface area (Å²) in [6, 6.07) is 0. The van der Waals surface area contributed by atoms with Gasteiger partial charge in [0.05, 0.1) is 13.0 Å². The summed E-state index contributed by atoms with van der Waals surface area (Å²) in [6.07, 6.45) is -0.614. The average Bonchev–Trinajstić information content (AvgIpc) is 2.25. The lowest BCUT2D eigenvalue weighted by Gasteiger charge is -2.23. The molecule has 19 heavy (non-hydrogen) atoms. The van der Waals surface area contributed by atoms with Gasteiger partial charge in [-0.3, -0.25) is 9.59 Å². The van der Waals surface area contributed by atoms with E-state index in [-0.39, 0.29) is 12.5 Å². The zero-order chi connectivity index (χ0) is 15.1. The third kappa shape index (κ3) is 5.08. The molecule has 0 bridgehead atoms. The number of carboxylic acids is 2. The molecule has 0 unspecified atom stereocenters. The molecular weight excluding hydrogens is 256 g/mol. The Balaban J connectivity index is 4.95. The Hall–Kier alpha value is -2.56. The Morgan fingerprint density at radius 2 is 1.53 bits per heavy atom. The van der Waals surface area contributed by atoms with E-state index in [1.165, 1.54) is 6.92 Å². The van der Waals surface area contributed by atoms with Gasteiger partial charge in [-0.25, -0.2) is 9.59 Å². The SMILES string of the molecule is CC(=O)NCC#CCC(NC(C)=O)(C(=O)O)C(=O)O. The van der Waals surface area contributed by atoms with E-state index in [0.717, 1.165) is 6.92 Å². The van der Waals surface area contributed by atoms with Gasteiger partial charge >= 0.3 is 11.9 Å². The van der Waals surface area contributed by atoms with Crippen LogP contribution in [0.1, 0.15) is 20.3 Å². The van der Waals surface area contributed by atoms with Crippen molar-refractivity contribution in [2.75, 3.05) is 6.54 Å². The highest BCUT2D eigenvalue weighted by molar-refractivity contribution is 6.06. The summed E-state index contributed by atoms with van der Waals surface area (Å²) in [7, 11) is 0. The van der Waals surface area contributed by atoms with Crippen molar-refractivity contribution in [3.05, 3.63) is 0 Å². The van der Waals surface area contributed by atoms with E-state index in [1.807, 2.05) is 5.32 Å². The summed E-state index contributed by atoms with van der Waals surface area (Å²) in [5.41, 5.74) is -2.49. The van der Waals surface area contributed by atoms with E-state index in [9.17, 15) is 19.2 Å². The van der Waals surface area contributed by atoms with Crippen molar-refractivity contribution in [2.45, 2.75) is 25.8 Å². The second-order valence-electron chi connectivity index (χ2n) is 3.64. The van der Waals surface area contributed by atoms with Crippen LogP contribution in [-0.4, -0.2) is 46.0 Å². The van der Waals surface area contributed by atoms with Gasteiger partial charge in [-0.2, -0.15) is 0 Å². The molecule has 0 saturated heterocycles. The molecule has 0 fully saturated rings. The van der Waals surface area contributed by atoms with E-state index in [4.69, 9.17) is 10.2 Å². The van der Waals surface area contributed by atoms with Crippen LogP contribution in [0.5, 0.6) is 0 Å². The molecule has 2 amide bonds. The number of carbonyl (C=O) groups is 4. The Bertz CT molecular complexity index is 446. The van der Waals surface area contributed by atoms with Gasteiger partial charge in [-0.05, 0) is 0 Å². The second-order valence-corrected chi connectivity index (χ2v) is 3.64. The van der Waals surface area contributed by atoms with Gasteiger partial charge in [0.15, 0.2) is 0 Å². The smallest absolute Gasteiger partial charge is 0.342 e. The molecule has 8 nitrogen and oxygen atoms in total. The molecule has 8 heteroatoms. The standard InChI is InChI=1S/C11H14N2O6/c1-7(14)12-6-4-3-5-11(9(16)17,10(18)19)13-8(2)15/h5-6H2,1-2H3,(H,12,14)(H,13,15)(H,16,17)(H,18,19). The van der Waals surface area contributed by atoms with Crippen LogP contribution in [0.3, 0.4) is 0 Å². The van der Waals surface area contributed by atoms with Crippen molar-refractivity contribution in [2.24, 2.45) is 0 Å². The Morgan fingerprint density at radius 1 is 1.00 bits per heavy atom. The van der Waals surface area contributed by atoms with Crippen LogP contribution < -0.4 is 10.6 Å². The first-order valence-electron chi connectivity index (χ1n) is 5.18. The highest BCUT2D eigenvalue weighted by Gasteiger charge is 2.47. The fourth-order valence-corrected chi connectivity index (χ4v) is 1.12. The normalized spacial score (nSPS) is 9.79. The molecule has 0 aromatic rings. The molecule has 0 saturated carbocycles. The zero-order valence-electron chi connectivity index (χ0n) is 10.4. The summed E-state index contributed by atoms with van der Waals surface area (Å²) in [4.78, 5) is 43.5. The van der Waals surface area contributed by atoms with Gasteiger partial charge in [0.1, 0.15) is 0 Å². The maximum Gasteiger partial charge on any atom is 0.342 e. The lowest BCUT2D eigenvalue weighted by Crippen LogP contribution is -2.59. The van der Waals surface area contributed by atoms with Crippen LogP contribution in [0.25, 0.3) is 0 Å². The highest BCUT2D eigenvalue weighted by Crippen LogP contribution is 2.11. The summed E-state index contributed by atoms with van der Waals surface area (Å²) in [5.74, 6) is 0.148. The molecule has 0 aromatic carbocycles. The summed E-state index contributed by atoms with van der Waals surface area (Å²) in [5, 5.41) is 22.1. The number of hydrogen-bond donors (Lipinski definition) is 4. The molecule has 0 radical (unpaired) electrons. The quantitative estimate of drug-likeness (QED) is 0.357. The number of hydrogen-bond acceptors (Lipinski definition) is 4. The van der Waals surface area contributed by atoms with E-state index in [1.54, 1.807) is 0 Å². The first-order valence-corrected chi connectivity index (χ1v) is 5.18. The molecule has 0 heterocycles. The van der Waals surface area contributed by atoms with Gasteiger partial charge in [-0.1, -0.05) is 11.8 Å². The summed E-state index contributed by atoms with van der Waals surface area (Å²) >= 11 is 0. The van der Waals surface area contributed by atoms with Crippen LogP contribution in [0.4, 0.5) is 0 Å². The van der Waals surface area contributed by atoms with E-state index >= 15 is 0 Å². The minimum absolute atomic E-state index is 0.0370. The van der Waals surface area contributed by atoms with E-state index < -0.39 is 29.8 Å². The average molecular weight is 270 g/mol. The van der Waals surface area contributed by atoms with Crippen molar-refractivity contribution in [3.63, 3.8) is 0 Å². The molecule has 0 rings (SSSR count). The number of nitrogens with one attached hydrogen (secondary N) is 2. The van der Waals surface area contributed by atoms with Crippen molar-refractivity contribution >= 4 is 23.8 Å². The van der Waals surface area contributed by atoms with Gasteiger partial charge in [0.25, 0.3) is 0 Å². The third-order valence-electron chi connectivity index (χ3n) is 2.02. The lowest BCUT2D eigenvalue weighted by atomic mass is 9.95. The number of carboxylic acid groups (broad SMARTS) is 2. The predicted octanol–water partition coefficient (Wildman–Crippen LogP) is -1.44. The van der Waals surface area contributed by atoms with Crippen LogP contribution in [0, 0.1) is 11.8 Å². The van der Waals surface area contributed by atoms with Crippen molar-refractivity contribution in [1.82, 2.24) is 10.6 Å². The highest BCUT2D eigenvalue weighted by atomic mass is 16.4. The minimum atomic E-state index is -2.49. The van der Waals surface area contributed by atoms with Gasteiger partial charge in [-0.15, -0.1) is 0 Å². The maximum absolute atomic E-state index is 11.0. The number of rotatable bonds is 5. The summed E-state index contributed by atoms with van der Waals surface area (Å²) < 4.78 is 0. The lowest BCUT2D eigenvalue weighted by molar-refractivity contribution is -0.160. The van der Waals surface area contributed by atoms with Gasteiger partial charge in [0.2, 0.25) is 17.4 Å². The van der Waals surface area contributed by atoms with Crippen LogP contribution in [0.2, 0.25) is 0 Å². The van der Waals surface area contributed by atoms with E-state index in [2.05, 4.69) is 17.2 Å². The number of carbonyl (C=O) groups excluding carboxylic acids is 2. The predicted molar refractivity (Wildman–Crippen MR) is 62.9 cm³/mol.